The number of hydrogen-bond acceptors (Lipinski definition) is 12. The van der Waals surface area contributed by atoms with E-state index in [1.54, 1.807) is 31.3 Å². The Morgan fingerprint density at radius 3 is 1.58 bits per heavy atom. The van der Waals surface area contributed by atoms with E-state index in [1.165, 1.54) is 0 Å². The summed E-state index contributed by atoms with van der Waals surface area (Å²) in [6.45, 7) is 13.6. The van der Waals surface area contributed by atoms with Crippen molar-refractivity contribution in [3.63, 3.8) is 0 Å². The second-order valence-electron chi connectivity index (χ2n) is 16.4. The maximum absolute atomic E-state index is 9.84. The summed E-state index contributed by atoms with van der Waals surface area (Å²) in [5, 5.41) is 28.3. The van der Waals surface area contributed by atoms with Crippen molar-refractivity contribution in [3.8, 4) is 45.1 Å². The first-order valence-electron chi connectivity index (χ1n) is 22.0. The Kier molecular flexibility index (Phi) is 13.9. The summed E-state index contributed by atoms with van der Waals surface area (Å²) in [7, 11) is 3.37. The standard InChI is InChI=1S/C25H30N6O2.C23H26N6O2.Na.H/c1-5-33-16-20-8-6-12-29(20)23-14-17(2)27-25-24(18(3)28-31(23)25)21-10-9-19(15-22(21)32-4)30-13-7-11-26-30;1-15-12-21(27-10-4-6-18(27)14-30)29-23(25-15)22(16(2)26-29)19-8-7-17(13-20(19)31-3)28-11-5-9-24-28;;/h7,9-11,13-15,20H,5-6,8,12,16H2,1-4H3;5,7-9,11-13,18,30H,4,6,10,14H2,1-3H3;;/q;;+1;-1/t20-;18-;;/m00../s1. The molecule has 2 aromatic carbocycles. The van der Waals surface area contributed by atoms with Gasteiger partial charge in [-0.25, -0.2) is 19.3 Å². The molecular weight excluding hydrogens is 832 g/mol. The molecule has 0 unspecified atom stereocenters. The third-order valence-corrected chi connectivity index (χ3v) is 12.3. The van der Waals surface area contributed by atoms with Crippen LogP contribution >= 0.6 is 0 Å². The number of methoxy groups -OCH3 is 2. The van der Waals surface area contributed by atoms with Crippen molar-refractivity contribution < 1.29 is 50.3 Å². The Morgan fingerprint density at radius 2 is 1.15 bits per heavy atom. The Bertz CT molecular complexity index is 2900. The molecule has 0 bridgehead atoms. The Morgan fingerprint density at radius 1 is 0.677 bits per heavy atom. The third kappa shape index (κ3) is 8.85. The molecule has 17 heteroatoms. The van der Waals surface area contributed by atoms with E-state index in [2.05, 4.69) is 38.2 Å². The number of aryl methyl sites for hydroxylation is 4. The molecule has 2 fully saturated rings. The predicted molar refractivity (Wildman–Crippen MR) is 249 cm³/mol. The van der Waals surface area contributed by atoms with Crippen molar-refractivity contribution in [1.29, 1.82) is 0 Å². The van der Waals surface area contributed by atoms with E-state index in [0.29, 0.717) is 6.04 Å². The van der Waals surface area contributed by atoms with Crippen molar-refractivity contribution in [3.05, 3.63) is 108 Å². The largest absolute Gasteiger partial charge is 1.00 e. The van der Waals surface area contributed by atoms with Crippen LogP contribution in [0.15, 0.2) is 85.5 Å². The SMILES string of the molecule is CCOC[C@@H]1CCCN1c1cc(C)nc2c(-c3ccc(-n4cccn4)cc3OC)c(C)nn12.COc1cc(-n2cccn2)ccc1-c1c(C)nn2c(N3CCC[C@H]3CO)cc(C)nc12.[H-].[Na+]. The van der Waals surface area contributed by atoms with E-state index >= 15 is 0 Å². The zero-order valence-corrected chi connectivity index (χ0v) is 40.6. The van der Waals surface area contributed by atoms with Crippen LogP contribution in [0.2, 0.25) is 0 Å². The molecule has 2 atom stereocenters. The van der Waals surface area contributed by atoms with Crippen molar-refractivity contribution in [2.75, 3.05) is 56.9 Å². The first-order valence-corrected chi connectivity index (χ1v) is 22.0. The monoisotopic (exact) mass is 888 g/mol. The molecule has 8 heterocycles. The fourth-order valence-corrected chi connectivity index (χ4v) is 9.28. The molecule has 10 rings (SSSR count). The van der Waals surface area contributed by atoms with Crippen LogP contribution in [0.3, 0.4) is 0 Å². The Labute approximate surface area is 402 Å². The maximum Gasteiger partial charge on any atom is 1.00 e. The molecule has 0 radical (unpaired) electrons. The number of aromatic nitrogens is 10. The van der Waals surface area contributed by atoms with Gasteiger partial charge in [-0.3, -0.25) is 0 Å². The van der Waals surface area contributed by atoms with Crippen molar-refractivity contribution >= 4 is 22.9 Å². The maximum atomic E-state index is 9.84. The summed E-state index contributed by atoms with van der Waals surface area (Å²) in [6, 6.07) is 20.6. The van der Waals surface area contributed by atoms with Gasteiger partial charge in [-0.15, -0.1) is 0 Å². The number of aliphatic hydroxyl groups excluding tert-OH is 1. The molecule has 334 valence electrons. The van der Waals surface area contributed by atoms with Gasteiger partial charge < -0.3 is 30.5 Å². The number of fused-ring (bicyclic) bond motifs is 2. The van der Waals surface area contributed by atoms with Gasteiger partial charge in [0.1, 0.15) is 23.1 Å². The molecule has 2 aliphatic rings. The van der Waals surface area contributed by atoms with Crippen LogP contribution in [-0.2, 0) is 4.74 Å². The van der Waals surface area contributed by atoms with Gasteiger partial charge in [-0.2, -0.15) is 29.4 Å². The molecule has 6 aromatic heterocycles. The molecule has 0 aliphatic carbocycles. The van der Waals surface area contributed by atoms with Gasteiger partial charge in [0, 0.05) is 91.3 Å². The summed E-state index contributed by atoms with van der Waals surface area (Å²) in [4.78, 5) is 14.4. The number of aliphatic hydroxyl groups is 1. The summed E-state index contributed by atoms with van der Waals surface area (Å²) < 4.78 is 24.9. The van der Waals surface area contributed by atoms with E-state index in [0.717, 1.165) is 143 Å². The molecule has 0 amide bonds. The number of nitrogens with zero attached hydrogens (tertiary/aromatic N) is 12. The molecule has 16 nitrogen and oxygen atoms in total. The van der Waals surface area contributed by atoms with Gasteiger partial charge in [-0.1, -0.05) is 0 Å². The smallest absolute Gasteiger partial charge is 1.00 e. The minimum absolute atomic E-state index is 0. The molecule has 2 aliphatic heterocycles. The molecule has 0 spiro atoms. The van der Waals surface area contributed by atoms with Crippen LogP contribution in [0, 0.1) is 27.7 Å². The second-order valence-corrected chi connectivity index (χ2v) is 16.4. The number of ether oxygens (including phenoxy) is 3. The van der Waals surface area contributed by atoms with E-state index in [1.807, 2.05) is 103 Å². The summed E-state index contributed by atoms with van der Waals surface area (Å²) in [5.74, 6) is 3.55. The third-order valence-electron chi connectivity index (χ3n) is 12.3. The normalized spacial score (nSPS) is 16.0. The van der Waals surface area contributed by atoms with E-state index in [4.69, 9.17) is 34.4 Å². The number of benzene rings is 2. The summed E-state index contributed by atoms with van der Waals surface area (Å²) in [5.41, 5.74) is 11.0. The first kappa shape index (κ1) is 45.8. The van der Waals surface area contributed by atoms with Crippen molar-refractivity contribution in [2.45, 2.75) is 72.4 Å². The summed E-state index contributed by atoms with van der Waals surface area (Å²) in [6.07, 6.45) is 11.7. The average Bonchev–Trinajstić information content (AvgIpc) is 4.17. The fraction of sp³-hybridized carbons (Fsp3) is 0.375. The Balaban J connectivity index is 0.000000191. The van der Waals surface area contributed by atoms with Crippen LogP contribution in [0.25, 0.3) is 44.9 Å². The minimum Gasteiger partial charge on any atom is -1.00 e. The van der Waals surface area contributed by atoms with Crippen LogP contribution < -0.4 is 48.8 Å². The number of hydrogen-bond donors (Lipinski definition) is 1. The predicted octanol–water partition coefficient (Wildman–Crippen LogP) is 4.50. The topological polar surface area (TPSA) is 150 Å². The number of rotatable bonds is 12. The van der Waals surface area contributed by atoms with Crippen LogP contribution in [-0.4, -0.2) is 113 Å². The van der Waals surface area contributed by atoms with Gasteiger partial charge in [0.15, 0.2) is 11.3 Å². The van der Waals surface area contributed by atoms with Gasteiger partial charge in [0.05, 0.1) is 73.4 Å². The van der Waals surface area contributed by atoms with Gasteiger partial charge >= 0.3 is 29.6 Å². The molecule has 1 N–H and O–H groups in total. The van der Waals surface area contributed by atoms with Crippen LogP contribution in [0.1, 0.15) is 56.8 Å². The average molecular weight is 889 g/mol. The quantitative estimate of drug-likeness (QED) is 0.172. The van der Waals surface area contributed by atoms with Crippen molar-refractivity contribution in [1.82, 2.24) is 48.8 Å². The van der Waals surface area contributed by atoms with Crippen LogP contribution in [0.5, 0.6) is 11.5 Å². The first-order chi connectivity index (χ1) is 31.2. The van der Waals surface area contributed by atoms with E-state index in [-0.39, 0.29) is 43.6 Å². The molecule has 65 heavy (non-hydrogen) atoms. The minimum atomic E-state index is 0. The molecule has 0 saturated carbocycles. The zero-order valence-electron chi connectivity index (χ0n) is 39.6. The van der Waals surface area contributed by atoms with Crippen LogP contribution in [0.4, 0.5) is 11.6 Å². The van der Waals surface area contributed by atoms with E-state index in [9.17, 15) is 5.11 Å². The fourth-order valence-electron chi connectivity index (χ4n) is 9.28. The summed E-state index contributed by atoms with van der Waals surface area (Å²) >= 11 is 0. The van der Waals surface area contributed by atoms with E-state index < -0.39 is 0 Å². The second kappa shape index (κ2) is 19.8. The molecular formula is C48H57N12NaO4. The van der Waals surface area contributed by atoms with Gasteiger partial charge in [-0.05, 0) is 96.7 Å². The molecule has 2 saturated heterocycles. The van der Waals surface area contributed by atoms with Gasteiger partial charge in [0.2, 0.25) is 0 Å². The molecule has 8 aromatic rings. The number of anilines is 2. The zero-order chi connectivity index (χ0) is 44.5. The van der Waals surface area contributed by atoms with Crippen molar-refractivity contribution in [2.24, 2.45) is 0 Å². The Hall–Kier alpha value is -5.78. The van der Waals surface area contributed by atoms with Gasteiger partial charge in [0.25, 0.3) is 0 Å².